The van der Waals surface area contributed by atoms with Crippen molar-refractivity contribution in [3.05, 3.63) is 101 Å². The lowest BCUT2D eigenvalue weighted by Crippen LogP contribution is -2.26. The van der Waals surface area contributed by atoms with Gasteiger partial charge in [-0.1, -0.05) is 60.7 Å². The minimum absolute atomic E-state index is 0.0494. The van der Waals surface area contributed by atoms with Crippen LogP contribution < -0.4 is 4.74 Å². The van der Waals surface area contributed by atoms with Gasteiger partial charge in [0.1, 0.15) is 18.0 Å². The zero-order chi connectivity index (χ0) is 23.6. The third-order valence-corrected chi connectivity index (χ3v) is 5.71. The summed E-state index contributed by atoms with van der Waals surface area (Å²) in [6.07, 6.45) is 0.00612. The van der Waals surface area contributed by atoms with E-state index >= 15 is 0 Å². The number of methoxy groups -OCH3 is 1. The first kappa shape index (κ1) is 24.4. The number of aliphatic hydroxyl groups is 1. The average molecular weight is 465 g/mol. The molecule has 6 nitrogen and oxygen atoms in total. The highest BCUT2D eigenvalue weighted by Crippen LogP contribution is 2.20. The average Bonchev–Trinajstić information content (AvgIpc) is 3.73. The molecule has 4 rings (SSSR count). The third kappa shape index (κ3) is 7.65. The molecular weight excluding hydrogens is 432 g/mol. The third-order valence-electron chi connectivity index (χ3n) is 5.71. The molecule has 180 valence electrons. The fourth-order valence-corrected chi connectivity index (χ4v) is 3.51. The topological polar surface area (TPSA) is 69.7 Å². The van der Waals surface area contributed by atoms with Crippen LogP contribution >= 0.6 is 0 Å². The Morgan fingerprint density at radius 2 is 1.21 bits per heavy atom. The molecule has 1 saturated heterocycles. The van der Waals surface area contributed by atoms with E-state index in [1.807, 2.05) is 48.5 Å². The molecule has 1 aliphatic rings. The molecule has 1 aliphatic heterocycles. The number of benzene rings is 3. The second-order valence-electron chi connectivity index (χ2n) is 8.37. The van der Waals surface area contributed by atoms with Crippen LogP contribution in [-0.2, 0) is 52.0 Å². The van der Waals surface area contributed by atoms with Gasteiger partial charge < -0.3 is 28.8 Å². The van der Waals surface area contributed by atoms with Crippen LogP contribution in [0.15, 0.2) is 72.8 Å². The molecule has 6 heteroatoms. The molecule has 1 N–H and O–H groups in total. The second-order valence-corrected chi connectivity index (χ2v) is 8.37. The van der Waals surface area contributed by atoms with E-state index in [4.69, 9.17) is 28.8 Å². The Kier molecular flexibility index (Phi) is 9.07. The molecule has 0 spiro atoms. The Bertz CT molecular complexity index is 981. The molecule has 1 heterocycles. The van der Waals surface area contributed by atoms with Gasteiger partial charge in [0.2, 0.25) is 0 Å². The summed E-state index contributed by atoms with van der Waals surface area (Å²) in [5.41, 5.74) is 5.30. The van der Waals surface area contributed by atoms with E-state index < -0.39 is 0 Å². The molecule has 2 atom stereocenters. The zero-order valence-electron chi connectivity index (χ0n) is 19.5. The molecule has 0 saturated carbocycles. The van der Waals surface area contributed by atoms with Gasteiger partial charge in [0.25, 0.3) is 0 Å². The normalized spacial score (nSPS) is 15.8. The molecule has 0 aromatic heterocycles. The highest BCUT2D eigenvalue weighted by atomic mass is 16.6. The predicted octanol–water partition coefficient (Wildman–Crippen LogP) is 4.41. The number of ether oxygens (including phenoxy) is 5. The van der Waals surface area contributed by atoms with Crippen LogP contribution in [-0.4, -0.2) is 37.6 Å². The van der Waals surface area contributed by atoms with Crippen LogP contribution in [0.4, 0.5) is 0 Å². The van der Waals surface area contributed by atoms with Gasteiger partial charge in [0, 0.05) is 0 Å². The highest BCUT2D eigenvalue weighted by Gasteiger charge is 2.33. The summed E-state index contributed by atoms with van der Waals surface area (Å²) in [5.74, 6) is 0.845. The summed E-state index contributed by atoms with van der Waals surface area (Å²) in [7, 11) is 1.66. The van der Waals surface area contributed by atoms with Crippen molar-refractivity contribution in [1.29, 1.82) is 0 Å². The zero-order valence-corrected chi connectivity index (χ0v) is 19.5. The number of epoxide rings is 1. The monoisotopic (exact) mass is 464 g/mol. The fraction of sp³-hybridized carbons (Fsp3) is 0.357. The molecule has 0 aliphatic carbocycles. The summed E-state index contributed by atoms with van der Waals surface area (Å²) in [6.45, 7) is 3.36. The molecule has 0 amide bonds. The van der Waals surface area contributed by atoms with Gasteiger partial charge in [-0.3, -0.25) is 0 Å². The van der Waals surface area contributed by atoms with Crippen LogP contribution in [0.2, 0.25) is 0 Å². The molecule has 0 bridgehead atoms. The van der Waals surface area contributed by atoms with E-state index in [2.05, 4.69) is 24.3 Å². The smallest absolute Gasteiger partial charge is 0.118 e. The summed E-state index contributed by atoms with van der Waals surface area (Å²) in [5, 5.41) is 9.14. The lowest BCUT2D eigenvalue weighted by Gasteiger charge is -2.16. The highest BCUT2D eigenvalue weighted by molar-refractivity contribution is 5.27. The van der Waals surface area contributed by atoms with Gasteiger partial charge in [-0.05, 0) is 39.9 Å². The van der Waals surface area contributed by atoms with E-state index in [1.165, 1.54) is 0 Å². The summed E-state index contributed by atoms with van der Waals surface area (Å²) in [4.78, 5) is 0. The van der Waals surface area contributed by atoms with Crippen LogP contribution in [0.3, 0.4) is 0 Å². The molecule has 0 radical (unpaired) electrons. The van der Waals surface area contributed by atoms with E-state index in [9.17, 15) is 0 Å². The quantitative estimate of drug-likeness (QED) is 0.357. The van der Waals surface area contributed by atoms with Crippen molar-refractivity contribution >= 4 is 0 Å². The Balaban J connectivity index is 1.17. The predicted molar refractivity (Wildman–Crippen MR) is 128 cm³/mol. The van der Waals surface area contributed by atoms with E-state index in [-0.39, 0.29) is 18.8 Å². The molecule has 0 unspecified atom stereocenters. The second kappa shape index (κ2) is 12.6. The Morgan fingerprint density at radius 3 is 1.71 bits per heavy atom. The van der Waals surface area contributed by atoms with Gasteiger partial charge in [0.05, 0.1) is 53.4 Å². The Labute approximate surface area is 201 Å². The summed E-state index contributed by atoms with van der Waals surface area (Å²) in [6, 6.07) is 23.9. The minimum atomic E-state index is -0.0933. The first-order chi connectivity index (χ1) is 16.7. The maximum Gasteiger partial charge on any atom is 0.118 e. The molecule has 1 fully saturated rings. The van der Waals surface area contributed by atoms with E-state index in [0.717, 1.165) is 33.6 Å². The van der Waals surface area contributed by atoms with E-state index in [1.54, 1.807) is 7.11 Å². The van der Waals surface area contributed by atoms with Gasteiger partial charge in [-0.25, -0.2) is 0 Å². The maximum absolute atomic E-state index is 9.14. The minimum Gasteiger partial charge on any atom is -0.497 e. The molecule has 3 aromatic carbocycles. The first-order valence-corrected chi connectivity index (χ1v) is 11.5. The largest absolute Gasteiger partial charge is 0.497 e. The number of rotatable bonds is 14. The Morgan fingerprint density at radius 1 is 0.735 bits per heavy atom. The lowest BCUT2D eigenvalue weighted by molar-refractivity contribution is -0.0417. The van der Waals surface area contributed by atoms with Crippen molar-refractivity contribution in [3.8, 4) is 5.75 Å². The van der Waals surface area contributed by atoms with Gasteiger partial charge in [0.15, 0.2) is 0 Å². The van der Waals surface area contributed by atoms with Crippen molar-refractivity contribution in [3.63, 3.8) is 0 Å². The van der Waals surface area contributed by atoms with Crippen LogP contribution in [0.5, 0.6) is 5.75 Å². The van der Waals surface area contributed by atoms with Crippen molar-refractivity contribution in [2.24, 2.45) is 0 Å². The fourth-order valence-electron chi connectivity index (χ4n) is 3.51. The number of hydrogen-bond acceptors (Lipinski definition) is 6. The summed E-state index contributed by atoms with van der Waals surface area (Å²) >= 11 is 0. The van der Waals surface area contributed by atoms with E-state index in [0.29, 0.717) is 39.6 Å². The van der Waals surface area contributed by atoms with Crippen molar-refractivity contribution < 1.29 is 28.8 Å². The van der Waals surface area contributed by atoms with Crippen LogP contribution in [0.1, 0.15) is 27.8 Å². The number of hydrogen-bond donors (Lipinski definition) is 1. The van der Waals surface area contributed by atoms with Gasteiger partial charge >= 0.3 is 0 Å². The van der Waals surface area contributed by atoms with Crippen molar-refractivity contribution in [1.82, 2.24) is 0 Å². The van der Waals surface area contributed by atoms with Gasteiger partial charge in [-0.2, -0.15) is 0 Å². The lowest BCUT2D eigenvalue weighted by atomic mass is 10.1. The standard InChI is InChI=1S/C28H32O6/c1-30-26-12-10-24(11-13-26)16-31-15-23-6-8-25(9-7-23)18-33-27(28-20-34-28)19-32-17-22-4-2-21(14-29)3-5-22/h2-13,27-29H,14-20H2,1H3/t27-,28+/m0/s1. The maximum atomic E-state index is 9.14. The van der Waals surface area contributed by atoms with Crippen LogP contribution in [0.25, 0.3) is 0 Å². The Hall–Kier alpha value is -2.74. The molecular formula is C28H32O6. The summed E-state index contributed by atoms with van der Waals surface area (Å²) < 4.78 is 28.4. The molecule has 3 aromatic rings. The van der Waals surface area contributed by atoms with Crippen molar-refractivity contribution in [2.45, 2.75) is 45.2 Å². The van der Waals surface area contributed by atoms with Crippen LogP contribution in [0, 0.1) is 0 Å². The van der Waals surface area contributed by atoms with Crippen molar-refractivity contribution in [2.75, 3.05) is 20.3 Å². The number of aliphatic hydroxyl groups excluding tert-OH is 1. The van der Waals surface area contributed by atoms with Gasteiger partial charge in [-0.15, -0.1) is 0 Å². The molecule has 34 heavy (non-hydrogen) atoms. The first-order valence-electron chi connectivity index (χ1n) is 11.5. The SMILES string of the molecule is COc1ccc(COCc2ccc(CO[C@@H](COCc3ccc(CO)cc3)[C@H]3CO3)cc2)cc1.